The molecule has 0 spiro atoms. The normalized spacial score (nSPS) is 15.1. The van der Waals surface area contributed by atoms with Gasteiger partial charge in [-0.1, -0.05) is 12.1 Å². The average Bonchev–Trinajstić information content (AvgIpc) is 3.21. The van der Waals surface area contributed by atoms with Crippen LogP contribution in [0.2, 0.25) is 0 Å². The average molecular weight is 407 g/mol. The molecule has 0 saturated carbocycles. The van der Waals surface area contributed by atoms with E-state index in [4.69, 9.17) is 0 Å². The van der Waals surface area contributed by atoms with Gasteiger partial charge in [0.15, 0.2) is 0 Å². The summed E-state index contributed by atoms with van der Waals surface area (Å²) >= 11 is 0. The van der Waals surface area contributed by atoms with Crippen LogP contribution >= 0.6 is 0 Å². The Morgan fingerprint density at radius 2 is 2.03 bits per heavy atom. The third-order valence-electron chi connectivity index (χ3n) is 5.07. The number of rotatable bonds is 4. The Kier molecular flexibility index (Phi) is 5.34. The molecule has 4 rings (SSSR count). The first-order valence-electron chi connectivity index (χ1n) is 9.38. The lowest BCUT2D eigenvalue weighted by Gasteiger charge is -2.27. The van der Waals surface area contributed by atoms with Crippen LogP contribution in [0.3, 0.4) is 0 Å². The quantitative estimate of drug-likeness (QED) is 0.619. The van der Waals surface area contributed by atoms with Crippen molar-refractivity contribution in [3.63, 3.8) is 0 Å². The molecule has 1 atom stereocenters. The van der Waals surface area contributed by atoms with Crippen molar-refractivity contribution in [3.8, 4) is 6.07 Å². The van der Waals surface area contributed by atoms with E-state index < -0.39 is 11.0 Å². The second-order valence-corrected chi connectivity index (χ2v) is 8.15. The van der Waals surface area contributed by atoms with Crippen molar-refractivity contribution in [2.75, 3.05) is 30.9 Å². The molecule has 0 bridgehead atoms. The van der Waals surface area contributed by atoms with E-state index >= 15 is 0 Å². The zero-order chi connectivity index (χ0) is 20.4. The van der Waals surface area contributed by atoms with Crippen LogP contribution in [0.15, 0.2) is 47.5 Å². The predicted molar refractivity (Wildman–Crippen MR) is 113 cm³/mol. The van der Waals surface area contributed by atoms with Gasteiger partial charge < -0.3 is 15.2 Å². The van der Waals surface area contributed by atoms with Crippen molar-refractivity contribution in [1.29, 1.82) is 5.26 Å². The van der Waals surface area contributed by atoms with Crippen LogP contribution in [0, 0.1) is 18.3 Å². The maximum absolute atomic E-state index is 13.0. The highest BCUT2D eigenvalue weighted by Crippen LogP contribution is 2.29. The Bertz CT molecular complexity index is 1140. The molecular weight excluding hydrogens is 386 g/mol. The van der Waals surface area contributed by atoms with Crippen LogP contribution in [0.4, 0.5) is 5.69 Å². The number of nitrogens with zero attached hydrogens (tertiary/aromatic N) is 2. The summed E-state index contributed by atoms with van der Waals surface area (Å²) in [5, 5.41) is 13.3. The molecule has 0 radical (unpaired) electrons. The molecule has 0 aliphatic carbocycles. The van der Waals surface area contributed by atoms with Crippen molar-refractivity contribution in [3.05, 3.63) is 59.3 Å². The Morgan fingerprint density at radius 3 is 2.79 bits per heavy atom. The van der Waals surface area contributed by atoms with Crippen LogP contribution in [-0.4, -0.2) is 46.2 Å². The van der Waals surface area contributed by atoms with Crippen molar-refractivity contribution in [2.24, 2.45) is 0 Å². The predicted octanol–water partition coefficient (Wildman–Crippen LogP) is 2.53. The zero-order valence-electron chi connectivity index (χ0n) is 16.0. The SMILES string of the molecule is Cc1ccc(NS(=O)c2cccc(C(=O)N3CCNCC3)c2)c2[nH]cc(C#N)c12. The van der Waals surface area contributed by atoms with E-state index in [1.165, 1.54) is 0 Å². The van der Waals surface area contributed by atoms with Gasteiger partial charge in [-0.3, -0.25) is 9.52 Å². The number of benzene rings is 2. The van der Waals surface area contributed by atoms with Gasteiger partial charge in [0.2, 0.25) is 0 Å². The molecule has 29 heavy (non-hydrogen) atoms. The summed E-state index contributed by atoms with van der Waals surface area (Å²) in [6.07, 6.45) is 1.65. The number of carbonyl (C=O) groups excluding carboxylic acids is 1. The number of piperazine rings is 1. The first kappa shape index (κ1) is 19.2. The fraction of sp³-hybridized carbons (Fsp3) is 0.238. The molecule has 8 heteroatoms. The van der Waals surface area contributed by atoms with Crippen LogP contribution in [0.25, 0.3) is 10.9 Å². The van der Waals surface area contributed by atoms with Gasteiger partial charge in [-0.25, -0.2) is 4.21 Å². The summed E-state index contributed by atoms with van der Waals surface area (Å²) in [5.41, 5.74) is 3.43. The summed E-state index contributed by atoms with van der Waals surface area (Å²) in [5.74, 6) is -0.0499. The lowest BCUT2D eigenvalue weighted by atomic mass is 10.1. The van der Waals surface area contributed by atoms with Gasteiger partial charge in [0, 0.05) is 43.3 Å². The van der Waals surface area contributed by atoms with Crippen LogP contribution in [0.5, 0.6) is 0 Å². The lowest BCUT2D eigenvalue weighted by Crippen LogP contribution is -2.46. The van der Waals surface area contributed by atoms with Gasteiger partial charge in [0.1, 0.15) is 17.1 Å². The third kappa shape index (κ3) is 3.75. The fourth-order valence-electron chi connectivity index (χ4n) is 3.55. The number of nitriles is 1. The molecule has 7 nitrogen and oxygen atoms in total. The minimum absolute atomic E-state index is 0.0499. The number of hydrogen-bond donors (Lipinski definition) is 3. The number of H-pyrrole nitrogens is 1. The smallest absolute Gasteiger partial charge is 0.253 e. The van der Waals surface area contributed by atoms with E-state index in [9.17, 15) is 14.3 Å². The standard InChI is InChI=1S/C21H21N5O2S/c1-14-5-6-18(20-19(14)16(12-22)13-24-20)25-29(28)17-4-2-3-15(11-17)21(27)26-9-7-23-8-10-26/h2-6,11,13,23-25H,7-10H2,1H3. The van der Waals surface area contributed by atoms with Gasteiger partial charge in [-0.05, 0) is 36.8 Å². The molecule has 1 amide bonds. The minimum Gasteiger partial charge on any atom is -0.358 e. The summed E-state index contributed by atoms with van der Waals surface area (Å²) in [4.78, 5) is 18.1. The first-order valence-corrected chi connectivity index (χ1v) is 10.5. The van der Waals surface area contributed by atoms with Gasteiger partial charge >= 0.3 is 0 Å². The monoisotopic (exact) mass is 407 g/mol. The molecule has 1 unspecified atom stereocenters. The number of amides is 1. The number of aromatic nitrogens is 1. The maximum atomic E-state index is 13.0. The summed E-state index contributed by atoms with van der Waals surface area (Å²) in [7, 11) is -1.56. The lowest BCUT2D eigenvalue weighted by molar-refractivity contribution is 0.0735. The maximum Gasteiger partial charge on any atom is 0.253 e. The van der Waals surface area contributed by atoms with Crippen molar-refractivity contribution in [2.45, 2.75) is 11.8 Å². The number of hydrogen-bond acceptors (Lipinski definition) is 4. The van der Waals surface area contributed by atoms with E-state index in [0.717, 1.165) is 29.6 Å². The van der Waals surface area contributed by atoms with Crippen LogP contribution < -0.4 is 10.0 Å². The highest BCUT2D eigenvalue weighted by atomic mass is 32.2. The van der Waals surface area contributed by atoms with Crippen molar-refractivity contribution >= 4 is 33.5 Å². The van der Waals surface area contributed by atoms with Gasteiger partial charge in [0.05, 0.1) is 21.7 Å². The van der Waals surface area contributed by atoms with E-state index in [1.807, 2.05) is 19.1 Å². The summed E-state index contributed by atoms with van der Waals surface area (Å²) in [6.45, 7) is 4.83. The number of aryl methyl sites for hydroxylation is 1. The van der Waals surface area contributed by atoms with Gasteiger partial charge in [-0.2, -0.15) is 5.26 Å². The highest BCUT2D eigenvalue weighted by Gasteiger charge is 2.19. The molecule has 1 fully saturated rings. The molecule has 2 heterocycles. The van der Waals surface area contributed by atoms with Crippen LogP contribution in [0.1, 0.15) is 21.5 Å². The molecule has 3 N–H and O–H groups in total. The number of fused-ring (bicyclic) bond motifs is 1. The Balaban J connectivity index is 1.59. The van der Waals surface area contributed by atoms with Gasteiger partial charge in [0.25, 0.3) is 5.91 Å². The van der Waals surface area contributed by atoms with Crippen LogP contribution in [-0.2, 0) is 11.0 Å². The molecule has 3 aromatic rings. The van der Waals surface area contributed by atoms with E-state index in [-0.39, 0.29) is 5.91 Å². The van der Waals surface area contributed by atoms with E-state index in [1.54, 1.807) is 35.4 Å². The topological polar surface area (TPSA) is 101 Å². The highest BCUT2D eigenvalue weighted by molar-refractivity contribution is 7.86. The summed E-state index contributed by atoms with van der Waals surface area (Å²) < 4.78 is 16.0. The minimum atomic E-state index is -1.56. The number of anilines is 1. The second-order valence-electron chi connectivity index (χ2n) is 6.93. The molecule has 148 valence electrons. The van der Waals surface area contributed by atoms with Gasteiger partial charge in [-0.15, -0.1) is 0 Å². The van der Waals surface area contributed by atoms with E-state index in [0.29, 0.717) is 34.8 Å². The first-order chi connectivity index (χ1) is 14.1. The molecule has 2 aromatic carbocycles. The number of nitrogens with one attached hydrogen (secondary N) is 3. The summed E-state index contributed by atoms with van der Waals surface area (Å²) in [6, 6.07) is 12.8. The van der Waals surface area contributed by atoms with Crippen molar-refractivity contribution in [1.82, 2.24) is 15.2 Å². The zero-order valence-corrected chi connectivity index (χ0v) is 16.8. The van der Waals surface area contributed by atoms with Crippen molar-refractivity contribution < 1.29 is 9.00 Å². The fourth-order valence-corrected chi connectivity index (χ4v) is 4.47. The second kappa shape index (κ2) is 8.07. The number of carbonyl (C=O) groups is 1. The number of aromatic amines is 1. The molecular formula is C21H21N5O2S. The van der Waals surface area contributed by atoms with E-state index in [2.05, 4.69) is 21.1 Å². The molecule has 1 aliphatic rings. The third-order valence-corrected chi connectivity index (χ3v) is 6.15. The molecule has 1 saturated heterocycles. The molecule has 1 aliphatic heterocycles. The Labute approximate surface area is 171 Å². The largest absolute Gasteiger partial charge is 0.358 e. The Hall–Kier alpha value is -3.15. The Morgan fingerprint density at radius 1 is 1.24 bits per heavy atom. The molecule has 1 aromatic heterocycles.